The second-order valence-corrected chi connectivity index (χ2v) is 5.72. The second kappa shape index (κ2) is 7.25. The summed E-state index contributed by atoms with van der Waals surface area (Å²) in [7, 11) is 3.30. The molecule has 0 spiro atoms. The Hall–Kier alpha value is -2.69. The fourth-order valence-electron chi connectivity index (χ4n) is 2.91. The molecule has 126 valence electrons. The molecule has 1 aliphatic rings. The summed E-state index contributed by atoms with van der Waals surface area (Å²) >= 11 is 0. The Morgan fingerprint density at radius 2 is 1.46 bits per heavy atom. The lowest BCUT2D eigenvalue weighted by atomic mass is 10.1. The highest BCUT2D eigenvalue weighted by molar-refractivity contribution is 5.94. The molecule has 2 aromatic rings. The van der Waals surface area contributed by atoms with Crippen LogP contribution in [0.5, 0.6) is 11.5 Å². The molecule has 0 N–H and O–H groups in total. The van der Waals surface area contributed by atoms with Gasteiger partial charge in [-0.3, -0.25) is 4.79 Å². The molecule has 24 heavy (non-hydrogen) atoms. The Morgan fingerprint density at radius 1 is 0.875 bits per heavy atom. The zero-order valence-corrected chi connectivity index (χ0v) is 14.1. The van der Waals surface area contributed by atoms with Gasteiger partial charge in [0.2, 0.25) is 0 Å². The van der Waals surface area contributed by atoms with E-state index in [1.54, 1.807) is 14.2 Å². The molecule has 1 amide bonds. The van der Waals surface area contributed by atoms with Crippen molar-refractivity contribution in [2.24, 2.45) is 0 Å². The van der Waals surface area contributed by atoms with Gasteiger partial charge in [-0.25, -0.2) is 0 Å². The molecule has 1 aliphatic heterocycles. The number of carbonyl (C=O) groups is 1. The first-order valence-electron chi connectivity index (χ1n) is 8.03. The van der Waals surface area contributed by atoms with E-state index in [9.17, 15) is 4.79 Å². The average molecular weight is 326 g/mol. The highest BCUT2D eigenvalue weighted by Crippen LogP contribution is 2.29. The lowest BCUT2D eigenvalue weighted by molar-refractivity contribution is 0.0746. The largest absolute Gasteiger partial charge is 0.497 e. The van der Waals surface area contributed by atoms with Crippen LogP contribution in [-0.4, -0.2) is 51.2 Å². The third-order valence-corrected chi connectivity index (χ3v) is 4.29. The minimum absolute atomic E-state index is 0.0958. The van der Waals surface area contributed by atoms with Crippen LogP contribution in [0.15, 0.2) is 48.5 Å². The van der Waals surface area contributed by atoms with Crippen molar-refractivity contribution in [2.75, 3.05) is 45.3 Å². The summed E-state index contributed by atoms with van der Waals surface area (Å²) in [5.41, 5.74) is 1.80. The van der Waals surface area contributed by atoms with Gasteiger partial charge in [0, 0.05) is 55.6 Å². The molecule has 0 aliphatic carbocycles. The summed E-state index contributed by atoms with van der Waals surface area (Å²) < 4.78 is 10.7. The van der Waals surface area contributed by atoms with Crippen LogP contribution in [0.4, 0.5) is 5.69 Å². The molecule has 1 saturated heterocycles. The van der Waals surface area contributed by atoms with E-state index >= 15 is 0 Å². The number of ether oxygens (including phenoxy) is 2. The maximum atomic E-state index is 12.5. The molecule has 0 bridgehead atoms. The third kappa shape index (κ3) is 3.45. The van der Waals surface area contributed by atoms with Crippen LogP contribution in [-0.2, 0) is 0 Å². The van der Waals surface area contributed by atoms with Gasteiger partial charge in [0.25, 0.3) is 5.91 Å². The summed E-state index contributed by atoms with van der Waals surface area (Å²) in [4.78, 5) is 16.7. The SMILES string of the molecule is COc1cc(OC)cc(N2CCN(C(=O)c3ccccc3)CC2)c1. The number of rotatable bonds is 4. The third-order valence-electron chi connectivity index (χ3n) is 4.29. The number of carbonyl (C=O) groups excluding carboxylic acids is 1. The summed E-state index contributed by atoms with van der Waals surface area (Å²) in [5.74, 6) is 1.64. The number of benzene rings is 2. The molecule has 0 radical (unpaired) electrons. The normalized spacial score (nSPS) is 14.4. The summed E-state index contributed by atoms with van der Waals surface area (Å²) in [6.45, 7) is 2.98. The predicted octanol–water partition coefficient (Wildman–Crippen LogP) is 2.67. The van der Waals surface area contributed by atoms with Crippen molar-refractivity contribution in [3.63, 3.8) is 0 Å². The van der Waals surface area contributed by atoms with Gasteiger partial charge in [0.15, 0.2) is 0 Å². The first-order valence-corrected chi connectivity index (χ1v) is 8.03. The molecule has 0 atom stereocenters. The van der Waals surface area contributed by atoms with E-state index in [-0.39, 0.29) is 5.91 Å². The van der Waals surface area contributed by atoms with E-state index in [1.807, 2.05) is 53.4 Å². The first kappa shape index (κ1) is 16.2. The van der Waals surface area contributed by atoms with Crippen LogP contribution in [0.25, 0.3) is 0 Å². The van der Waals surface area contributed by atoms with E-state index in [2.05, 4.69) is 4.90 Å². The van der Waals surface area contributed by atoms with Crippen molar-refractivity contribution in [1.82, 2.24) is 4.90 Å². The zero-order chi connectivity index (χ0) is 16.9. The van der Waals surface area contributed by atoms with E-state index in [0.717, 1.165) is 35.8 Å². The topological polar surface area (TPSA) is 42.0 Å². The predicted molar refractivity (Wildman–Crippen MR) is 94.1 cm³/mol. The van der Waals surface area contributed by atoms with Gasteiger partial charge >= 0.3 is 0 Å². The van der Waals surface area contributed by atoms with Gasteiger partial charge in [0.05, 0.1) is 14.2 Å². The van der Waals surface area contributed by atoms with Crippen molar-refractivity contribution in [1.29, 1.82) is 0 Å². The maximum absolute atomic E-state index is 12.5. The van der Waals surface area contributed by atoms with E-state index in [1.165, 1.54) is 0 Å². The quantitative estimate of drug-likeness (QED) is 0.866. The lowest BCUT2D eigenvalue weighted by Crippen LogP contribution is -2.48. The van der Waals surface area contributed by atoms with Crippen molar-refractivity contribution in [2.45, 2.75) is 0 Å². The van der Waals surface area contributed by atoms with E-state index in [0.29, 0.717) is 13.1 Å². The van der Waals surface area contributed by atoms with Crippen molar-refractivity contribution in [3.8, 4) is 11.5 Å². The highest BCUT2D eigenvalue weighted by atomic mass is 16.5. The molecular weight excluding hydrogens is 304 g/mol. The number of piperazine rings is 1. The van der Waals surface area contributed by atoms with E-state index in [4.69, 9.17) is 9.47 Å². The van der Waals surface area contributed by atoms with Gasteiger partial charge in [-0.15, -0.1) is 0 Å². The first-order chi connectivity index (χ1) is 11.7. The number of anilines is 1. The molecule has 2 aromatic carbocycles. The van der Waals surface area contributed by atoms with E-state index < -0.39 is 0 Å². The van der Waals surface area contributed by atoms with Crippen molar-refractivity contribution < 1.29 is 14.3 Å². The monoisotopic (exact) mass is 326 g/mol. The summed E-state index contributed by atoms with van der Waals surface area (Å²) in [5, 5.41) is 0. The maximum Gasteiger partial charge on any atom is 0.253 e. The fourth-order valence-corrected chi connectivity index (χ4v) is 2.91. The van der Waals surface area contributed by atoms with Gasteiger partial charge in [-0.05, 0) is 12.1 Å². The van der Waals surface area contributed by atoms with Gasteiger partial charge < -0.3 is 19.3 Å². The molecular formula is C19H22N2O3. The molecule has 0 saturated carbocycles. The number of amides is 1. The van der Waals surface area contributed by atoms with Crippen LogP contribution in [0.2, 0.25) is 0 Å². The molecule has 0 aromatic heterocycles. The van der Waals surface area contributed by atoms with Crippen LogP contribution < -0.4 is 14.4 Å². The minimum atomic E-state index is 0.0958. The van der Waals surface area contributed by atoms with Gasteiger partial charge in [-0.1, -0.05) is 18.2 Å². The number of hydrogen-bond donors (Lipinski definition) is 0. The Kier molecular flexibility index (Phi) is 4.89. The van der Waals surface area contributed by atoms with Gasteiger partial charge in [0.1, 0.15) is 11.5 Å². The molecule has 5 heteroatoms. The number of hydrogen-bond acceptors (Lipinski definition) is 4. The Balaban J connectivity index is 1.68. The fraction of sp³-hybridized carbons (Fsp3) is 0.316. The van der Waals surface area contributed by atoms with Crippen molar-refractivity contribution in [3.05, 3.63) is 54.1 Å². The minimum Gasteiger partial charge on any atom is -0.497 e. The second-order valence-electron chi connectivity index (χ2n) is 5.72. The standard InChI is InChI=1S/C19H22N2O3/c1-23-17-12-16(13-18(14-17)24-2)20-8-10-21(11-9-20)19(22)15-6-4-3-5-7-15/h3-7,12-14H,8-11H2,1-2H3. The number of methoxy groups -OCH3 is 2. The van der Waals surface area contributed by atoms with Crippen LogP contribution in [0, 0.1) is 0 Å². The Morgan fingerprint density at radius 3 is 2.00 bits per heavy atom. The Labute approximate surface area is 142 Å². The van der Waals surface area contributed by atoms with Crippen LogP contribution >= 0.6 is 0 Å². The van der Waals surface area contributed by atoms with Crippen LogP contribution in [0.3, 0.4) is 0 Å². The Bertz CT molecular complexity index is 673. The average Bonchev–Trinajstić information content (AvgIpc) is 2.67. The molecule has 1 fully saturated rings. The van der Waals surface area contributed by atoms with Gasteiger partial charge in [-0.2, -0.15) is 0 Å². The number of nitrogens with zero attached hydrogens (tertiary/aromatic N) is 2. The lowest BCUT2D eigenvalue weighted by Gasteiger charge is -2.36. The molecule has 3 rings (SSSR count). The molecule has 0 unspecified atom stereocenters. The smallest absolute Gasteiger partial charge is 0.253 e. The zero-order valence-electron chi connectivity index (χ0n) is 14.1. The molecule has 5 nitrogen and oxygen atoms in total. The summed E-state index contributed by atoms with van der Waals surface area (Å²) in [6.07, 6.45) is 0. The van der Waals surface area contributed by atoms with Crippen LogP contribution in [0.1, 0.15) is 10.4 Å². The molecule has 1 heterocycles. The highest BCUT2D eigenvalue weighted by Gasteiger charge is 2.22. The van der Waals surface area contributed by atoms with Crippen molar-refractivity contribution >= 4 is 11.6 Å². The summed E-state index contributed by atoms with van der Waals surface area (Å²) in [6, 6.07) is 15.3.